The van der Waals surface area contributed by atoms with E-state index in [0.29, 0.717) is 24.0 Å². The average molecular weight is 318 g/mol. The van der Waals surface area contributed by atoms with Crippen LogP contribution in [0.5, 0.6) is 5.75 Å². The highest BCUT2D eigenvalue weighted by Gasteiger charge is 2.26. The van der Waals surface area contributed by atoms with Gasteiger partial charge in [-0.05, 0) is 44.9 Å². The zero-order chi connectivity index (χ0) is 16.1. The summed E-state index contributed by atoms with van der Waals surface area (Å²) in [6.45, 7) is 2.91. The fraction of sp³-hybridized carbons (Fsp3) is 0.611. The van der Waals surface area contributed by atoms with E-state index in [0.717, 1.165) is 45.4 Å². The third-order valence-electron chi connectivity index (χ3n) is 4.68. The van der Waals surface area contributed by atoms with Gasteiger partial charge in [0.15, 0.2) is 0 Å². The van der Waals surface area contributed by atoms with Crippen molar-refractivity contribution < 1.29 is 14.3 Å². The zero-order valence-electron chi connectivity index (χ0n) is 13.8. The average Bonchev–Trinajstić information content (AvgIpc) is 3.13. The quantitative estimate of drug-likeness (QED) is 0.903. The smallest absolute Gasteiger partial charge is 0.257 e. The van der Waals surface area contributed by atoms with Crippen molar-refractivity contribution in [2.45, 2.75) is 37.8 Å². The van der Waals surface area contributed by atoms with Crippen molar-refractivity contribution in [3.05, 3.63) is 29.8 Å². The second-order valence-electron chi connectivity index (χ2n) is 6.32. The van der Waals surface area contributed by atoms with Gasteiger partial charge in [0.2, 0.25) is 0 Å². The standard InChI is InChI=1S/C18H26N2O3/c1-19-14-6-4-10-20(12-14)18(21)16-8-2-3-9-17(16)23-13-15-7-5-11-22-15/h2-3,8-9,14-15,19H,4-7,10-13H2,1H3. The molecule has 1 amide bonds. The number of likely N-dealkylation sites (N-methyl/N-ethyl adjacent to an activating group) is 1. The Hall–Kier alpha value is -1.59. The van der Waals surface area contributed by atoms with Gasteiger partial charge in [0.1, 0.15) is 12.4 Å². The van der Waals surface area contributed by atoms with E-state index in [4.69, 9.17) is 9.47 Å². The molecule has 0 bridgehead atoms. The summed E-state index contributed by atoms with van der Waals surface area (Å²) in [5.41, 5.74) is 0.655. The largest absolute Gasteiger partial charge is 0.490 e. The summed E-state index contributed by atoms with van der Waals surface area (Å²) in [7, 11) is 1.96. The molecule has 2 heterocycles. The lowest BCUT2D eigenvalue weighted by Crippen LogP contribution is -2.47. The van der Waals surface area contributed by atoms with Crippen LogP contribution in [-0.2, 0) is 4.74 Å². The van der Waals surface area contributed by atoms with E-state index in [2.05, 4.69) is 5.32 Å². The molecule has 2 aliphatic heterocycles. The number of hydrogen-bond acceptors (Lipinski definition) is 4. The number of nitrogens with one attached hydrogen (secondary N) is 1. The van der Waals surface area contributed by atoms with Crippen LogP contribution in [0.1, 0.15) is 36.0 Å². The molecule has 5 nitrogen and oxygen atoms in total. The van der Waals surface area contributed by atoms with Crippen LogP contribution < -0.4 is 10.1 Å². The Labute approximate surface area is 137 Å². The Kier molecular flexibility index (Phi) is 5.51. The van der Waals surface area contributed by atoms with Gasteiger partial charge in [-0.1, -0.05) is 12.1 Å². The second kappa shape index (κ2) is 7.79. The lowest BCUT2D eigenvalue weighted by Gasteiger charge is -2.33. The topological polar surface area (TPSA) is 50.8 Å². The predicted molar refractivity (Wildman–Crippen MR) is 88.9 cm³/mol. The van der Waals surface area contributed by atoms with Crippen molar-refractivity contribution >= 4 is 5.91 Å². The number of piperidine rings is 1. The van der Waals surface area contributed by atoms with E-state index < -0.39 is 0 Å². The van der Waals surface area contributed by atoms with E-state index in [1.807, 2.05) is 36.2 Å². The Morgan fingerprint density at radius 2 is 2.22 bits per heavy atom. The minimum atomic E-state index is 0.0629. The number of rotatable bonds is 5. The number of benzene rings is 1. The molecule has 1 N–H and O–H groups in total. The molecular formula is C18H26N2O3. The summed E-state index contributed by atoms with van der Waals surface area (Å²) >= 11 is 0. The molecule has 2 unspecified atom stereocenters. The molecular weight excluding hydrogens is 292 g/mol. The van der Waals surface area contributed by atoms with E-state index in [-0.39, 0.29) is 12.0 Å². The van der Waals surface area contributed by atoms with E-state index in [1.54, 1.807) is 0 Å². The molecule has 0 saturated carbocycles. The summed E-state index contributed by atoms with van der Waals surface area (Å²) < 4.78 is 11.5. The Balaban J connectivity index is 1.67. The number of amides is 1. The Morgan fingerprint density at radius 3 is 3.00 bits per heavy atom. The highest BCUT2D eigenvalue weighted by molar-refractivity contribution is 5.97. The number of hydrogen-bond donors (Lipinski definition) is 1. The number of likely N-dealkylation sites (tertiary alicyclic amines) is 1. The van der Waals surface area contributed by atoms with Crippen LogP contribution in [0.4, 0.5) is 0 Å². The first kappa shape index (κ1) is 16.3. The molecule has 1 aromatic rings. The van der Waals surface area contributed by atoms with Gasteiger partial charge in [-0.25, -0.2) is 0 Å². The third kappa shape index (κ3) is 4.03. The van der Waals surface area contributed by atoms with Crippen LogP contribution in [0.25, 0.3) is 0 Å². The molecule has 126 valence electrons. The third-order valence-corrected chi connectivity index (χ3v) is 4.68. The second-order valence-corrected chi connectivity index (χ2v) is 6.32. The summed E-state index contributed by atoms with van der Waals surface area (Å²) in [4.78, 5) is 14.8. The number of nitrogens with zero attached hydrogens (tertiary/aromatic N) is 1. The van der Waals surface area contributed by atoms with Gasteiger partial charge in [0, 0.05) is 25.7 Å². The minimum Gasteiger partial charge on any atom is -0.490 e. The van der Waals surface area contributed by atoms with Crippen LogP contribution in [0.15, 0.2) is 24.3 Å². The molecule has 0 radical (unpaired) electrons. The van der Waals surface area contributed by atoms with Gasteiger partial charge < -0.3 is 19.7 Å². The highest BCUT2D eigenvalue weighted by atomic mass is 16.5. The lowest BCUT2D eigenvalue weighted by atomic mass is 10.0. The van der Waals surface area contributed by atoms with Crippen molar-refractivity contribution in [1.82, 2.24) is 10.2 Å². The number of para-hydroxylation sites is 1. The van der Waals surface area contributed by atoms with Crippen molar-refractivity contribution in [2.75, 3.05) is 33.4 Å². The van der Waals surface area contributed by atoms with Crippen molar-refractivity contribution in [1.29, 1.82) is 0 Å². The fourth-order valence-corrected chi connectivity index (χ4v) is 3.30. The molecule has 2 fully saturated rings. The van der Waals surface area contributed by atoms with Crippen molar-refractivity contribution in [3.63, 3.8) is 0 Å². The summed E-state index contributed by atoms with van der Waals surface area (Å²) in [6, 6.07) is 7.92. The molecule has 2 atom stereocenters. The first-order valence-corrected chi connectivity index (χ1v) is 8.58. The molecule has 2 aliphatic rings. The highest BCUT2D eigenvalue weighted by Crippen LogP contribution is 2.23. The number of carbonyl (C=O) groups is 1. The van der Waals surface area contributed by atoms with Crippen LogP contribution >= 0.6 is 0 Å². The van der Waals surface area contributed by atoms with Crippen LogP contribution in [0.2, 0.25) is 0 Å². The monoisotopic (exact) mass is 318 g/mol. The van der Waals surface area contributed by atoms with Gasteiger partial charge in [-0.2, -0.15) is 0 Å². The van der Waals surface area contributed by atoms with Crippen molar-refractivity contribution in [2.24, 2.45) is 0 Å². The van der Waals surface area contributed by atoms with E-state index in [9.17, 15) is 4.79 Å². The SMILES string of the molecule is CNC1CCCN(C(=O)c2ccccc2OCC2CCCO2)C1. The number of ether oxygens (including phenoxy) is 2. The van der Waals surface area contributed by atoms with Crippen LogP contribution in [0.3, 0.4) is 0 Å². The molecule has 0 aromatic heterocycles. The van der Waals surface area contributed by atoms with Gasteiger partial charge in [-0.15, -0.1) is 0 Å². The first-order chi connectivity index (χ1) is 11.3. The molecule has 5 heteroatoms. The summed E-state index contributed by atoms with van der Waals surface area (Å²) in [5.74, 6) is 0.729. The minimum absolute atomic E-state index is 0.0629. The maximum atomic E-state index is 12.9. The summed E-state index contributed by atoms with van der Waals surface area (Å²) in [6.07, 6.45) is 4.44. The van der Waals surface area contributed by atoms with Crippen LogP contribution in [0, 0.1) is 0 Å². The zero-order valence-corrected chi connectivity index (χ0v) is 13.8. The van der Waals surface area contributed by atoms with Gasteiger partial charge in [-0.3, -0.25) is 4.79 Å². The summed E-state index contributed by atoms with van der Waals surface area (Å²) in [5, 5.41) is 3.28. The van der Waals surface area contributed by atoms with E-state index in [1.165, 1.54) is 0 Å². The molecule has 1 aromatic carbocycles. The Bertz CT molecular complexity index is 529. The first-order valence-electron chi connectivity index (χ1n) is 8.58. The van der Waals surface area contributed by atoms with Crippen molar-refractivity contribution in [3.8, 4) is 5.75 Å². The molecule has 23 heavy (non-hydrogen) atoms. The lowest BCUT2D eigenvalue weighted by molar-refractivity contribution is 0.0632. The normalized spacial score (nSPS) is 24.7. The fourth-order valence-electron chi connectivity index (χ4n) is 3.30. The predicted octanol–water partition coefficient (Wildman–Crippen LogP) is 2.07. The molecule has 3 rings (SSSR count). The van der Waals surface area contributed by atoms with Gasteiger partial charge in [0.05, 0.1) is 11.7 Å². The Morgan fingerprint density at radius 1 is 1.35 bits per heavy atom. The van der Waals surface area contributed by atoms with Gasteiger partial charge >= 0.3 is 0 Å². The van der Waals surface area contributed by atoms with Gasteiger partial charge in [0.25, 0.3) is 5.91 Å². The molecule has 2 saturated heterocycles. The van der Waals surface area contributed by atoms with Crippen LogP contribution in [-0.4, -0.2) is 56.3 Å². The maximum Gasteiger partial charge on any atom is 0.257 e. The maximum absolute atomic E-state index is 12.9. The molecule has 0 aliphatic carbocycles. The molecule has 0 spiro atoms. The van der Waals surface area contributed by atoms with E-state index >= 15 is 0 Å². The number of carbonyl (C=O) groups excluding carboxylic acids is 1.